The van der Waals surface area contributed by atoms with Gasteiger partial charge in [-0.15, -0.1) is 11.3 Å². The molecule has 1 aromatic heterocycles. The Morgan fingerprint density at radius 2 is 1.50 bits per heavy atom. The lowest BCUT2D eigenvalue weighted by molar-refractivity contribution is 0.177. The van der Waals surface area contributed by atoms with Gasteiger partial charge in [0.15, 0.2) is 29.4 Å². The van der Waals surface area contributed by atoms with Crippen molar-refractivity contribution in [3.63, 3.8) is 0 Å². The van der Waals surface area contributed by atoms with Crippen LogP contribution in [0.15, 0.2) is 36.6 Å². The Morgan fingerprint density at radius 3 is 2.10 bits per heavy atom. The Labute approximate surface area is 176 Å². The third kappa shape index (κ3) is 4.13. The van der Waals surface area contributed by atoms with Gasteiger partial charge in [-0.05, 0) is 48.9 Å². The number of fused-ring (bicyclic) bond motifs is 3. The van der Waals surface area contributed by atoms with E-state index in [1.165, 1.54) is 25.3 Å². The molecule has 7 heteroatoms. The summed E-state index contributed by atoms with van der Waals surface area (Å²) in [6, 6.07) is 6.09. The molecule has 1 aliphatic rings. The minimum absolute atomic E-state index is 0.157. The molecule has 0 bridgehead atoms. The van der Waals surface area contributed by atoms with Gasteiger partial charge in [-0.2, -0.15) is 8.78 Å². The largest absolute Gasteiger partial charge is 0.490 e. The van der Waals surface area contributed by atoms with Crippen LogP contribution in [0, 0.1) is 23.5 Å². The lowest BCUT2D eigenvalue weighted by atomic mass is 9.81. The van der Waals surface area contributed by atoms with Crippen molar-refractivity contribution in [2.45, 2.75) is 39.0 Å². The van der Waals surface area contributed by atoms with E-state index in [1.54, 1.807) is 18.2 Å². The van der Waals surface area contributed by atoms with E-state index in [4.69, 9.17) is 4.74 Å². The molecule has 160 valence electrons. The van der Waals surface area contributed by atoms with E-state index in [9.17, 15) is 13.2 Å². The van der Waals surface area contributed by atoms with Gasteiger partial charge in [0.25, 0.3) is 0 Å². The van der Waals surface area contributed by atoms with Gasteiger partial charge >= 0.3 is 6.08 Å². The van der Waals surface area contributed by atoms with Crippen molar-refractivity contribution in [3.05, 3.63) is 48.2 Å². The van der Waals surface area contributed by atoms with E-state index in [2.05, 4.69) is 11.7 Å². The van der Waals surface area contributed by atoms with Crippen molar-refractivity contribution in [3.8, 4) is 11.5 Å². The highest BCUT2D eigenvalue weighted by atomic mass is 32.1. The van der Waals surface area contributed by atoms with Crippen molar-refractivity contribution in [2.75, 3.05) is 6.61 Å². The van der Waals surface area contributed by atoms with Gasteiger partial charge in [0, 0.05) is 10.8 Å². The summed E-state index contributed by atoms with van der Waals surface area (Å²) in [4.78, 5) is 0. The molecule has 0 unspecified atom stereocenters. The molecule has 4 rings (SSSR count). The van der Waals surface area contributed by atoms with Crippen LogP contribution < -0.4 is 9.47 Å². The second-order valence-electron chi connectivity index (χ2n) is 7.74. The second kappa shape index (κ2) is 8.84. The minimum Gasteiger partial charge on any atom is -0.490 e. The molecule has 2 aromatic carbocycles. The maximum absolute atomic E-state index is 15.1. The maximum Gasteiger partial charge on any atom is 0.305 e. The Hall–Kier alpha value is -2.28. The molecule has 0 atom stereocenters. The molecule has 2 nitrogen and oxygen atoms in total. The predicted molar refractivity (Wildman–Crippen MR) is 111 cm³/mol. The SMILES string of the molecule is CCC1CCC(COc2ccc3c(sc4c(F)c(OC=C(F)F)ccc43)c2F)CC1. The van der Waals surface area contributed by atoms with Crippen molar-refractivity contribution in [1.82, 2.24) is 0 Å². The fraction of sp³-hybridized carbons (Fsp3) is 0.391. The number of rotatable bonds is 6. The number of thiophene rings is 1. The summed E-state index contributed by atoms with van der Waals surface area (Å²) < 4.78 is 65.1. The number of halogens is 4. The molecular weight excluding hydrogens is 416 g/mol. The van der Waals surface area contributed by atoms with E-state index < -0.39 is 17.7 Å². The van der Waals surface area contributed by atoms with Crippen LogP contribution in [-0.2, 0) is 0 Å². The molecule has 0 radical (unpaired) electrons. The van der Waals surface area contributed by atoms with Gasteiger partial charge in [-0.3, -0.25) is 0 Å². The number of benzene rings is 2. The first-order valence-corrected chi connectivity index (χ1v) is 10.9. The molecular formula is C23H22F4O2S. The number of hydrogen-bond donors (Lipinski definition) is 0. The van der Waals surface area contributed by atoms with Crippen LogP contribution in [0.3, 0.4) is 0 Å². The first kappa shape index (κ1) is 21.0. The summed E-state index contributed by atoms with van der Waals surface area (Å²) in [7, 11) is 0. The van der Waals surface area contributed by atoms with E-state index in [0.29, 0.717) is 23.3 Å². The highest BCUT2D eigenvalue weighted by molar-refractivity contribution is 7.25. The zero-order chi connectivity index (χ0) is 21.3. The average Bonchev–Trinajstić information content (AvgIpc) is 3.13. The summed E-state index contributed by atoms with van der Waals surface area (Å²) in [6.45, 7) is 2.68. The standard InChI is InChI=1S/C23H22F4O2S/c1-2-13-3-5-14(6-4-13)11-28-17-9-7-15-16-8-10-18(29-12-19(24)25)21(27)23(16)30-22(15)20(17)26/h7-10,12-14H,2-6,11H2,1H3. The zero-order valence-corrected chi connectivity index (χ0v) is 17.3. The second-order valence-corrected chi connectivity index (χ2v) is 8.76. The monoisotopic (exact) mass is 438 g/mol. The van der Waals surface area contributed by atoms with Crippen LogP contribution in [0.5, 0.6) is 11.5 Å². The summed E-state index contributed by atoms with van der Waals surface area (Å²) in [5.74, 6) is -0.277. The highest BCUT2D eigenvalue weighted by Crippen LogP contribution is 2.42. The average molecular weight is 438 g/mol. The van der Waals surface area contributed by atoms with Crippen molar-refractivity contribution in [1.29, 1.82) is 0 Å². The van der Waals surface area contributed by atoms with Crippen molar-refractivity contribution >= 4 is 31.5 Å². The lowest BCUT2D eigenvalue weighted by Crippen LogP contribution is -2.20. The molecule has 30 heavy (non-hydrogen) atoms. The summed E-state index contributed by atoms with van der Waals surface area (Å²) >= 11 is 0.924. The molecule has 1 saturated carbocycles. The van der Waals surface area contributed by atoms with E-state index in [-0.39, 0.29) is 27.2 Å². The van der Waals surface area contributed by atoms with Gasteiger partial charge in [-0.25, -0.2) is 8.78 Å². The van der Waals surface area contributed by atoms with Gasteiger partial charge in [0.05, 0.1) is 16.0 Å². The molecule has 0 N–H and O–H groups in total. The first-order valence-electron chi connectivity index (χ1n) is 10.1. The Bertz CT molecular complexity index is 1080. The molecule has 3 aromatic rings. The molecule has 0 spiro atoms. The summed E-state index contributed by atoms with van der Waals surface area (Å²) in [5, 5.41) is 1.06. The molecule has 0 aliphatic heterocycles. The smallest absolute Gasteiger partial charge is 0.305 e. The molecule has 1 aliphatic carbocycles. The van der Waals surface area contributed by atoms with Gasteiger partial charge in [0.1, 0.15) is 0 Å². The van der Waals surface area contributed by atoms with Crippen LogP contribution in [-0.4, -0.2) is 6.61 Å². The van der Waals surface area contributed by atoms with Crippen LogP contribution >= 0.6 is 11.3 Å². The predicted octanol–water partition coefficient (Wildman–Crippen LogP) is 8.04. The first-order chi connectivity index (χ1) is 14.5. The summed E-state index contributed by atoms with van der Waals surface area (Å²) in [5.41, 5.74) is 0. The Morgan fingerprint density at radius 1 is 0.933 bits per heavy atom. The molecule has 1 heterocycles. The number of ether oxygens (including phenoxy) is 2. The number of hydrogen-bond acceptors (Lipinski definition) is 3. The van der Waals surface area contributed by atoms with Gasteiger partial charge in [0.2, 0.25) is 0 Å². The topological polar surface area (TPSA) is 18.5 Å². The van der Waals surface area contributed by atoms with Crippen LogP contribution in [0.4, 0.5) is 17.6 Å². The lowest BCUT2D eigenvalue weighted by Gasteiger charge is -2.27. The van der Waals surface area contributed by atoms with Crippen LogP contribution in [0.25, 0.3) is 20.2 Å². The fourth-order valence-electron chi connectivity index (χ4n) is 4.13. The normalized spacial score (nSPS) is 19.2. The maximum atomic E-state index is 15.1. The van der Waals surface area contributed by atoms with Crippen molar-refractivity contribution < 1.29 is 27.0 Å². The molecule has 0 amide bonds. The quantitative estimate of drug-likeness (QED) is 0.286. The third-order valence-electron chi connectivity index (χ3n) is 5.91. The Kier molecular flexibility index (Phi) is 6.18. The van der Waals surface area contributed by atoms with Crippen LogP contribution in [0.2, 0.25) is 0 Å². The zero-order valence-electron chi connectivity index (χ0n) is 16.5. The molecule has 1 fully saturated rings. The van der Waals surface area contributed by atoms with E-state index in [1.807, 2.05) is 0 Å². The van der Waals surface area contributed by atoms with Crippen molar-refractivity contribution in [2.24, 2.45) is 11.8 Å². The van der Waals surface area contributed by atoms with E-state index >= 15 is 4.39 Å². The van der Waals surface area contributed by atoms with E-state index in [0.717, 1.165) is 30.1 Å². The Balaban J connectivity index is 1.58. The van der Waals surface area contributed by atoms with Gasteiger partial charge < -0.3 is 9.47 Å². The third-order valence-corrected chi connectivity index (χ3v) is 7.12. The summed E-state index contributed by atoms with van der Waals surface area (Å²) in [6.07, 6.45) is 3.87. The molecule has 0 saturated heterocycles. The highest BCUT2D eigenvalue weighted by Gasteiger charge is 2.22. The minimum atomic E-state index is -2.07. The van der Waals surface area contributed by atoms with Crippen LogP contribution in [0.1, 0.15) is 39.0 Å². The van der Waals surface area contributed by atoms with Gasteiger partial charge in [-0.1, -0.05) is 26.2 Å². The fourth-order valence-corrected chi connectivity index (χ4v) is 5.29.